The molecule has 1 saturated heterocycles. The van der Waals surface area contributed by atoms with Crippen LogP contribution >= 0.6 is 0 Å². The zero-order valence-electron chi connectivity index (χ0n) is 13.6. The number of nitrogens with two attached hydrogens (primary N) is 1. The van der Waals surface area contributed by atoms with Gasteiger partial charge in [0, 0.05) is 19.8 Å². The molecule has 23 heavy (non-hydrogen) atoms. The van der Waals surface area contributed by atoms with Crippen LogP contribution in [0.25, 0.3) is 0 Å². The Kier molecular flexibility index (Phi) is 7.16. The third-order valence-electron chi connectivity index (χ3n) is 4.03. The topological polar surface area (TPSA) is 82.8 Å². The fourth-order valence-electron chi connectivity index (χ4n) is 2.55. The molecule has 1 heterocycles. The predicted octanol–water partition coefficient (Wildman–Crippen LogP) is 1.33. The van der Waals surface area contributed by atoms with E-state index in [2.05, 4.69) is 5.32 Å². The number of rotatable bonds is 8. The van der Waals surface area contributed by atoms with Crippen molar-refractivity contribution in [2.75, 3.05) is 33.5 Å². The van der Waals surface area contributed by atoms with E-state index >= 15 is 0 Å². The smallest absolute Gasteiger partial charge is 0.237 e. The highest BCUT2D eigenvalue weighted by molar-refractivity contribution is 5.81. The second kappa shape index (κ2) is 9.37. The van der Waals surface area contributed by atoms with Crippen molar-refractivity contribution >= 4 is 5.91 Å². The van der Waals surface area contributed by atoms with Crippen molar-refractivity contribution in [2.24, 2.45) is 11.7 Å². The number of carbonyl (C=O) groups is 1. The standard InChI is InChI=1S/C17H26N2O4/c1-21-14-3-5-15(6-4-14)23-10-2-9-19-17(20)16(18)13-7-11-22-12-8-13/h3-6,13,16H,2,7-12,18H2,1H3,(H,19,20). The van der Waals surface area contributed by atoms with E-state index in [9.17, 15) is 4.79 Å². The number of hydrogen-bond acceptors (Lipinski definition) is 5. The van der Waals surface area contributed by atoms with Crippen LogP contribution in [-0.2, 0) is 9.53 Å². The predicted molar refractivity (Wildman–Crippen MR) is 87.6 cm³/mol. The fraction of sp³-hybridized carbons (Fsp3) is 0.588. The zero-order valence-corrected chi connectivity index (χ0v) is 13.6. The van der Waals surface area contributed by atoms with Crippen molar-refractivity contribution in [3.05, 3.63) is 24.3 Å². The van der Waals surface area contributed by atoms with Gasteiger partial charge in [0.05, 0.1) is 19.8 Å². The van der Waals surface area contributed by atoms with E-state index in [0.29, 0.717) is 26.4 Å². The first-order valence-electron chi connectivity index (χ1n) is 8.08. The maximum Gasteiger partial charge on any atom is 0.237 e. The minimum Gasteiger partial charge on any atom is -0.497 e. The van der Waals surface area contributed by atoms with Crippen molar-refractivity contribution in [1.82, 2.24) is 5.32 Å². The van der Waals surface area contributed by atoms with Gasteiger partial charge in [-0.1, -0.05) is 0 Å². The molecule has 1 amide bonds. The lowest BCUT2D eigenvalue weighted by atomic mass is 9.92. The molecule has 1 atom stereocenters. The Morgan fingerprint density at radius 1 is 1.30 bits per heavy atom. The maximum absolute atomic E-state index is 12.0. The molecule has 0 aromatic heterocycles. The molecule has 1 aliphatic heterocycles. The number of nitrogens with one attached hydrogen (secondary N) is 1. The summed E-state index contributed by atoms with van der Waals surface area (Å²) in [5.41, 5.74) is 6.01. The quantitative estimate of drug-likeness (QED) is 0.706. The summed E-state index contributed by atoms with van der Waals surface area (Å²) in [7, 11) is 1.63. The van der Waals surface area contributed by atoms with Crippen molar-refractivity contribution in [3.8, 4) is 11.5 Å². The fourth-order valence-corrected chi connectivity index (χ4v) is 2.55. The van der Waals surface area contributed by atoms with E-state index in [1.165, 1.54) is 0 Å². The molecule has 1 aliphatic rings. The first-order chi connectivity index (χ1) is 11.2. The number of benzene rings is 1. The van der Waals surface area contributed by atoms with Gasteiger partial charge in [-0.15, -0.1) is 0 Å². The van der Waals surface area contributed by atoms with Gasteiger partial charge in [-0.25, -0.2) is 0 Å². The molecule has 0 radical (unpaired) electrons. The third-order valence-corrected chi connectivity index (χ3v) is 4.03. The van der Waals surface area contributed by atoms with Crippen LogP contribution in [0.1, 0.15) is 19.3 Å². The number of carbonyl (C=O) groups excluding carboxylic acids is 1. The average molecular weight is 322 g/mol. The first-order valence-corrected chi connectivity index (χ1v) is 8.08. The van der Waals surface area contributed by atoms with Crippen LogP contribution < -0.4 is 20.5 Å². The summed E-state index contributed by atoms with van der Waals surface area (Å²) in [4.78, 5) is 12.0. The van der Waals surface area contributed by atoms with E-state index in [4.69, 9.17) is 19.9 Å². The molecule has 1 fully saturated rings. The van der Waals surface area contributed by atoms with Gasteiger partial charge >= 0.3 is 0 Å². The Balaban J connectivity index is 1.59. The highest BCUT2D eigenvalue weighted by atomic mass is 16.5. The number of hydrogen-bond donors (Lipinski definition) is 2. The van der Waals surface area contributed by atoms with E-state index in [1.807, 2.05) is 24.3 Å². The summed E-state index contributed by atoms with van der Waals surface area (Å²) in [6.45, 7) is 2.49. The van der Waals surface area contributed by atoms with Crippen LogP contribution in [0.3, 0.4) is 0 Å². The number of methoxy groups -OCH3 is 1. The van der Waals surface area contributed by atoms with Crippen LogP contribution in [0.15, 0.2) is 24.3 Å². The minimum atomic E-state index is -0.443. The Hall–Kier alpha value is -1.79. The van der Waals surface area contributed by atoms with E-state index in [0.717, 1.165) is 30.8 Å². The lowest BCUT2D eigenvalue weighted by Crippen LogP contribution is -2.47. The Morgan fingerprint density at radius 3 is 2.61 bits per heavy atom. The van der Waals surface area contributed by atoms with Gasteiger partial charge in [-0.05, 0) is 49.4 Å². The molecule has 1 unspecified atom stereocenters. The van der Waals surface area contributed by atoms with Crippen LogP contribution in [0.5, 0.6) is 11.5 Å². The molecular weight excluding hydrogens is 296 g/mol. The summed E-state index contributed by atoms with van der Waals surface area (Å²) in [5, 5.41) is 2.88. The molecule has 2 rings (SSSR count). The molecule has 1 aromatic rings. The molecule has 0 bridgehead atoms. The minimum absolute atomic E-state index is 0.0821. The summed E-state index contributed by atoms with van der Waals surface area (Å²) >= 11 is 0. The van der Waals surface area contributed by atoms with Crippen molar-refractivity contribution in [2.45, 2.75) is 25.3 Å². The summed E-state index contributed by atoms with van der Waals surface area (Å²) in [6, 6.07) is 6.98. The van der Waals surface area contributed by atoms with Gasteiger partial charge in [-0.2, -0.15) is 0 Å². The SMILES string of the molecule is COc1ccc(OCCCNC(=O)C(N)C2CCOCC2)cc1. The average Bonchev–Trinajstić information content (AvgIpc) is 2.62. The Morgan fingerprint density at radius 2 is 1.96 bits per heavy atom. The molecule has 3 N–H and O–H groups in total. The van der Waals surface area contributed by atoms with Gasteiger partial charge in [0.15, 0.2) is 0 Å². The van der Waals surface area contributed by atoms with E-state index < -0.39 is 6.04 Å². The molecule has 0 spiro atoms. The first kappa shape index (κ1) is 17.6. The number of ether oxygens (including phenoxy) is 3. The molecule has 128 valence electrons. The van der Waals surface area contributed by atoms with E-state index in [-0.39, 0.29) is 11.8 Å². The zero-order chi connectivity index (χ0) is 16.5. The third kappa shape index (κ3) is 5.73. The van der Waals surface area contributed by atoms with Gasteiger partial charge in [-0.3, -0.25) is 4.79 Å². The summed E-state index contributed by atoms with van der Waals surface area (Å²) in [5.74, 6) is 1.73. The summed E-state index contributed by atoms with van der Waals surface area (Å²) < 4.78 is 16.0. The van der Waals surface area contributed by atoms with Crippen molar-refractivity contribution in [3.63, 3.8) is 0 Å². The van der Waals surface area contributed by atoms with Crippen LogP contribution in [0.2, 0.25) is 0 Å². The van der Waals surface area contributed by atoms with E-state index in [1.54, 1.807) is 7.11 Å². The molecule has 0 aliphatic carbocycles. The molecule has 0 saturated carbocycles. The van der Waals surface area contributed by atoms with Crippen LogP contribution in [0.4, 0.5) is 0 Å². The maximum atomic E-state index is 12.0. The number of amides is 1. The highest BCUT2D eigenvalue weighted by Crippen LogP contribution is 2.18. The largest absolute Gasteiger partial charge is 0.497 e. The van der Waals surface area contributed by atoms with Crippen molar-refractivity contribution < 1.29 is 19.0 Å². The lowest BCUT2D eigenvalue weighted by Gasteiger charge is -2.26. The molecular formula is C17H26N2O4. The second-order valence-corrected chi connectivity index (χ2v) is 5.64. The lowest BCUT2D eigenvalue weighted by molar-refractivity contribution is -0.124. The monoisotopic (exact) mass is 322 g/mol. The van der Waals surface area contributed by atoms with Gasteiger partial charge in [0.1, 0.15) is 11.5 Å². The molecule has 6 nitrogen and oxygen atoms in total. The highest BCUT2D eigenvalue weighted by Gasteiger charge is 2.26. The van der Waals surface area contributed by atoms with Crippen molar-refractivity contribution in [1.29, 1.82) is 0 Å². The van der Waals surface area contributed by atoms with Crippen LogP contribution in [0, 0.1) is 5.92 Å². The normalized spacial score (nSPS) is 16.6. The Labute approximate surface area is 137 Å². The van der Waals surface area contributed by atoms with Crippen LogP contribution in [-0.4, -0.2) is 45.4 Å². The van der Waals surface area contributed by atoms with Gasteiger partial charge in [0.2, 0.25) is 5.91 Å². The Bertz CT molecular complexity index is 472. The summed E-state index contributed by atoms with van der Waals surface area (Å²) in [6.07, 6.45) is 2.45. The van der Waals surface area contributed by atoms with Gasteiger partial charge < -0.3 is 25.3 Å². The van der Waals surface area contributed by atoms with Gasteiger partial charge in [0.25, 0.3) is 0 Å². The second-order valence-electron chi connectivity index (χ2n) is 5.64. The molecule has 1 aromatic carbocycles. The molecule has 6 heteroatoms.